The molecule has 0 spiro atoms. The zero-order valence-corrected chi connectivity index (χ0v) is 23.4. The highest BCUT2D eigenvalue weighted by molar-refractivity contribution is 5.99. The zero-order chi connectivity index (χ0) is 26.8. The van der Waals surface area contributed by atoms with Crippen LogP contribution >= 0.6 is 0 Å². The maximum atomic E-state index is 14.0. The fourth-order valence-electron chi connectivity index (χ4n) is 8.17. The number of hydrogen-bond donors (Lipinski definition) is 0. The number of fused-ring (bicyclic) bond motifs is 4. The largest absolute Gasteiger partial charge is 0.466 e. The molecule has 0 N–H and O–H groups in total. The van der Waals surface area contributed by atoms with Gasteiger partial charge in [-0.05, 0) is 76.7 Å². The number of aryl methyl sites for hydroxylation is 1. The lowest BCUT2D eigenvalue weighted by atomic mass is 9.69. The zero-order valence-electron chi connectivity index (χ0n) is 23.4. The minimum absolute atomic E-state index is 0.0987. The predicted molar refractivity (Wildman–Crippen MR) is 148 cm³/mol. The molecule has 1 aromatic rings. The van der Waals surface area contributed by atoms with E-state index in [2.05, 4.69) is 21.6 Å². The van der Waals surface area contributed by atoms with Gasteiger partial charge in [0, 0.05) is 30.6 Å². The highest BCUT2D eigenvalue weighted by Gasteiger charge is 2.47. The summed E-state index contributed by atoms with van der Waals surface area (Å²) in [7, 11) is 1.45. The van der Waals surface area contributed by atoms with Gasteiger partial charge in [0.05, 0.1) is 24.4 Å². The Balaban J connectivity index is 1.41. The molecule has 4 aliphatic rings. The van der Waals surface area contributed by atoms with Crippen molar-refractivity contribution in [3.05, 3.63) is 34.0 Å². The first kappa shape index (κ1) is 27.1. The van der Waals surface area contributed by atoms with E-state index < -0.39 is 0 Å². The second-order valence-corrected chi connectivity index (χ2v) is 11.8. The number of rotatable bonds is 9. The highest BCUT2D eigenvalue weighted by atomic mass is 16.6. The van der Waals surface area contributed by atoms with Crippen molar-refractivity contribution < 1.29 is 14.4 Å². The lowest BCUT2D eigenvalue weighted by molar-refractivity contribution is -0.142. The predicted octanol–water partition coefficient (Wildman–Crippen LogP) is 5.03. The first-order valence-electron chi connectivity index (χ1n) is 14.7. The lowest BCUT2D eigenvalue weighted by Crippen LogP contribution is -2.53. The van der Waals surface area contributed by atoms with Crippen molar-refractivity contribution in [3.8, 4) is 0 Å². The number of aromatic nitrogens is 2. The molecule has 0 amide bonds. The van der Waals surface area contributed by atoms with E-state index in [4.69, 9.17) is 9.57 Å². The summed E-state index contributed by atoms with van der Waals surface area (Å²) in [6.45, 7) is 8.03. The minimum Gasteiger partial charge on any atom is -0.466 e. The molecule has 1 aromatic heterocycles. The van der Waals surface area contributed by atoms with Crippen molar-refractivity contribution in [2.45, 2.75) is 115 Å². The molecular weight excluding hydrogens is 480 g/mol. The van der Waals surface area contributed by atoms with Gasteiger partial charge in [0.1, 0.15) is 12.8 Å². The molecule has 2 saturated carbocycles. The Labute approximate surface area is 226 Å². The van der Waals surface area contributed by atoms with E-state index in [1.54, 1.807) is 13.0 Å². The van der Waals surface area contributed by atoms with E-state index in [1.165, 1.54) is 58.5 Å². The number of carbonyl (C=O) groups is 1. The molecule has 0 aromatic carbocycles. The van der Waals surface area contributed by atoms with Crippen LogP contribution in [0.3, 0.4) is 0 Å². The van der Waals surface area contributed by atoms with Crippen molar-refractivity contribution in [3.63, 3.8) is 0 Å². The molecule has 3 heterocycles. The third kappa shape index (κ3) is 5.33. The van der Waals surface area contributed by atoms with Crippen molar-refractivity contribution in [1.29, 1.82) is 0 Å². The number of hydrogen-bond acceptors (Lipinski definition) is 7. The van der Waals surface area contributed by atoms with Crippen LogP contribution in [-0.2, 0) is 14.4 Å². The molecule has 4 atom stereocenters. The second kappa shape index (κ2) is 11.7. The van der Waals surface area contributed by atoms with Crippen LogP contribution in [-0.4, -0.2) is 58.0 Å². The van der Waals surface area contributed by atoms with Gasteiger partial charge in [-0.1, -0.05) is 31.0 Å². The van der Waals surface area contributed by atoms with Crippen LogP contribution in [0, 0.1) is 18.8 Å². The van der Waals surface area contributed by atoms with E-state index in [-0.39, 0.29) is 36.1 Å². The molecule has 8 heteroatoms. The van der Waals surface area contributed by atoms with E-state index in [0.717, 1.165) is 36.1 Å². The maximum absolute atomic E-state index is 14.0. The topological polar surface area (TPSA) is 86.0 Å². The average Bonchev–Trinajstić information content (AvgIpc) is 3.16. The van der Waals surface area contributed by atoms with Gasteiger partial charge in [0.2, 0.25) is 0 Å². The van der Waals surface area contributed by atoms with Crippen molar-refractivity contribution >= 4 is 17.8 Å². The number of esters is 1. The Bertz CT molecular complexity index is 1100. The van der Waals surface area contributed by atoms with E-state index in [9.17, 15) is 9.59 Å². The Hall–Kier alpha value is -2.48. The van der Waals surface area contributed by atoms with Crippen LogP contribution in [0.1, 0.15) is 107 Å². The molecule has 38 heavy (non-hydrogen) atoms. The molecule has 4 bridgehead atoms. The van der Waals surface area contributed by atoms with Gasteiger partial charge < -0.3 is 14.1 Å². The molecule has 5 rings (SSSR count). The summed E-state index contributed by atoms with van der Waals surface area (Å²) in [6.07, 6.45) is 14.9. The average molecular weight is 525 g/mol. The van der Waals surface area contributed by atoms with Crippen molar-refractivity contribution in [1.82, 2.24) is 14.5 Å². The number of carbonyl (C=O) groups excluding carboxylic acids is 1. The van der Waals surface area contributed by atoms with E-state index >= 15 is 0 Å². The smallest absolute Gasteiger partial charge is 0.306 e. The van der Waals surface area contributed by atoms with Gasteiger partial charge in [-0.2, -0.15) is 0 Å². The van der Waals surface area contributed by atoms with Crippen LogP contribution in [0.25, 0.3) is 6.08 Å². The quantitative estimate of drug-likeness (QED) is 0.256. The third-order valence-corrected chi connectivity index (χ3v) is 9.52. The number of ether oxygens (including phenoxy) is 1. The molecular formula is C30H44N4O4. The SMILES string of the molecule is C=Cc1c(C)nc(C(CCC(=O)OCC)=NOC)c(=O)n1C1CC2CCC(C1)N2C1CC2CCCC(C2)C1. The Morgan fingerprint density at radius 3 is 2.32 bits per heavy atom. The molecule has 4 fully saturated rings. The maximum Gasteiger partial charge on any atom is 0.306 e. The first-order valence-corrected chi connectivity index (χ1v) is 14.7. The summed E-state index contributed by atoms with van der Waals surface area (Å²) in [5, 5.41) is 4.11. The van der Waals surface area contributed by atoms with Gasteiger partial charge in [-0.15, -0.1) is 0 Å². The fourth-order valence-corrected chi connectivity index (χ4v) is 8.17. The Kier molecular flexibility index (Phi) is 8.36. The standard InChI is InChI=1S/C30H44N4O4/c1-5-27-19(3)31-29(26(32-37-4)12-13-28(35)38-6-2)30(36)34(27)25-17-22-10-11-23(18-25)33(22)24-15-20-8-7-9-21(14-20)16-24/h5,20-25H,1,6-18H2,2-4H3. The Morgan fingerprint density at radius 1 is 1.03 bits per heavy atom. The molecule has 2 aliphatic carbocycles. The van der Waals surface area contributed by atoms with Gasteiger partial charge in [-0.25, -0.2) is 4.98 Å². The monoisotopic (exact) mass is 524 g/mol. The molecule has 4 unspecified atom stereocenters. The van der Waals surface area contributed by atoms with Crippen LogP contribution in [0.4, 0.5) is 0 Å². The fraction of sp³-hybridized carbons (Fsp3) is 0.733. The van der Waals surface area contributed by atoms with E-state index in [0.29, 0.717) is 30.4 Å². The Morgan fingerprint density at radius 2 is 1.71 bits per heavy atom. The van der Waals surface area contributed by atoms with Gasteiger partial charge in [0.15, 0.2) is 5.69 Å². The molecule has 2 saturated heterocycles. The van der Waals surface area contributed by atoms with Crippen LogP contribution in [0.5, 0.6) is 0 Å². The number of oxime groups is 1. The molecule has 2 aliphatic heterocycles. The third-order valence-electron chi connectivity index (χ3n) is 9.52. The normalized spacial score (nSPS) is 31.2. The minimum atomic E-state index is -0.327. The molecule has 208 valence electrons. The van der Waals surface area contributed by atoms with Gasteiger partial charge in [-0.3, -0.25) is 14.5 Å². The lowest BCUT2D eigenvalue weighted by Gasteiger charge is -2.49. The van der Waals surface area contributed by atoms with Crippen molar-refractivity contribution in [2.24, 2.45) is 17.0 Å². The number of piperidine rings is 1. The van der Waals surface area contributed by atoms with Crippen LogP contribution in [0.15, 0.2) is 16.5 Å². The van der Waals surface area contributed by atoms with Crippen LogP contribution in [0.2, 0.25) is 0 Å². The number of nitrogens with zero attached hydrogens (tertiary/aromatic N) is 4. The highest BCUT2D eigenvalue weighted by Crippen LogP contribution is 2.48. The molecule has 0 radical (unpaired) electrons. The van der Waals surface area contributed by atoms with E-state index in [1.807, 2.05) is 11.5 Å². The second-order valence-electron chi connectivity index (χ2n) is 11.8. The summed E-state index contributed by atoms with van der Waals surface area (Å²) >= 11 is 0. The van der Waals surface area contributed by atoms with Crippen LogP contribution < -0.4 is 5.56 Å². The van der Waals surface area contributed by atoms with Gasteiger partial charge in [0.25, 0.3) is 5.56 Å². The first-order chi connectivity index (χ1) is 18.4. The molecule has 8 nitrogen and oxygen atoms in total. The van der Waals surface area contributed by atoms with Gasteiger partial charge >= 0.3 is 5.97 Å². The summed E-state index contributed by atoms with van der Waals surface area (Å²) < 4.78 is 7.00. The summed E-state index contributed by atoms with van der Waals surface area (Å²) in [5.41, 5.74) is 1.99. The summed E-state index contributed by atoms with van der Waals surface area (Å²) in [5.74, 6) is 1.50. The van der Waals surface area contributed by atoms with Crippen molar-refractivity contribution in [2.75, 3.05) is 13.7 Å². The summed E-state index contributed by atoms with van der Waals surface area (Å²) in [4.78, 5) is 38.6. The summed E-state index contributed by atoms with van der Waals surface area (Å²) in [6, 6.07) is 1.87.